The molecule has 2 heterocycles. The van der Waals surface area contributed by atoms with E-state index < -0.39 is 17.4 Å². The number of carbonyl (C=O) groups excluding carboxylic acids is 1. The third kappa shape index (κ3) is 3.31. The average molecular weight is 395 g/mol. The molecule has 1 amide bonds. The number of benzene rings is 2. The molecule has 0 saturated carbocycles. The summed E-state index contributed by atoms with van der Waals surface area (Å²) in [5.41, 5.74) is 0.0924. The minimum atomic E-state index is -0.518. The van der Waals surface area contributed by atoms with Crippen molar-refractivity contribution in [1.29, 1.82) is 0 Å². The molecule has 0 saturated heterocycles. The maximum Gasteiger partial charge on any atom is 0.352 e. The van der Waals surface area contributed by atoms with Gasteiger partial charge in [-0.2, -0.15) is 0 Å². The number of hydrogen-bond donors (Lipinski definition) is 1. The predicted molar refractivity (Wildman–Crippen MR) is 107 cm³/mol. The zero-order valence-electron chi connectivity index (χ0n) is 15.6. The van der Waals surface area contributed by atoms with Crippen molar-refractivity contribution in [1.82, 2.24) is 18.7 Å². The molecule has 0 spiro atoms. The number of nitrogens with zero attached hydrogens (tertiary/aromatic N) is 4. The van der Waals surface area contributed by atoms with Gasteiger partial charge >= 0.3 is 5.69 Å². The maximum atomic E-state index is 13.0. The number of hydrogen-bond acceptors (Lipinski definition) is 4. The van der Waals surface area contributed by atoms with E-state index in [4.69, 9.17) is 0 Å². The third-order valence-corrected chi connectivity index (χ3v) is 4.55. The lowest BCUT2D eigenvalue weighted by molar-refractivity contribution is -0.117. The molecule has 0 bridgehead atoms. The molecule has 29 heavy (non-hydrogen) atoms. The van der Waals surface area contributed by atoms with Crippen LogP contribution < -0.4 is 16.6 Å². The molecular weight excluding hydrogens is 377 g/mol. The molecule has 0 atom stereocenters. The average Bonchev–Trinajstić information content (AvgIpc) is 3.03. The first-order valence-electron chi connectivity index (χ1n) is 9.16. The summed E-state index contributed by atoms with van der Waals surface area (Å²) in [4.78, 5) is 38.1. The summed E-state index contributed by atoms with van der Waals surface area (Å²) in [6.45, 7) is 1.97. The van der Waals surface area contributed by atoms with Crippen LogP contribution in [-0.4, -0.2) is 24.7 Å². The molecule has 4 rings (SSSR count). The standard InChI is InChI=1S/C20H18FN5O3/c1-2-11-24-18(28)15-5-3-4-6-16(15)26-19(24)23-25(20(26)29)12-17(27)22-14-9-7-13(21)8-10-14/h3-10H,2,11-12H2,1H3,(H,22,27). The van der Waals surface area contributed by atoms with Gasteiger partial charge in [-0.3, -0.25) is 14.2 Å². The van der Waals surface area contributed by atoms with Crippen molar-refractivity contribution in [3.05, 3.63) is 75.2 Å². The van der Waals surface area contributed by atoms with Crippen molar-refractivity contribution in [3.8, 4) is 0 Å². The normalized spacial score (nSPS) is 11.2. The number of anilines is 1. The van der Waals surface area contributed by atoms with Crippen LogP contribution in [0.5, 0.6) is 0 Å². The van der Waals surface area contributed by atoms with Crippen LogP contribution in [0.2, 0.25) is 0 Å². The molecule has 2 aromatic heterocycles. The van der Waals surface area contributed by atoms with Crippen LogP contribution in [0.25, 0.3) is 16.7 Å². The van der Waals surface area contributed by atoms with Crippen LogP contribution in [-0.2, 0) is 17.9 Å². The molecule has 0 unspecified atom stereocenters. The molecule has 0 aliphatic rings. The van der Waals surface area contributed by atoms with Crippen molar-refractivity contribution in [2.45, 2.75) is 26.4 Å². The molecule has 0 aliphatic carbocycles. The van der Waals surface area contributed by atoms with Crippen molar-refractivity contribution < 1.29 is 9.18 Å². The van der Waals surface area contributed by atoms with Gasteiger partial charge in [0.2, 0.25) is 11.7 Å². The van der Waals surface area contributed by atoms with Crippen LogP contribution in [0.4, 0.5) is 10.1 Å². The van der Waals surface area contributed by atoms with Crippen LogP contribution in [0, 0.1) is 5.82 Å². The molecule has 0 aliphatic heterocycles. The van der Waals surface area contributed by atoms with Gasteiger partial charge in [-0.05, 0) is 42.8 Å². The fourth-order valence-corrected chi connectivity index (χ4v) is 3.27. The van der Waals surface area contributed by atoms with Gasteiger partial charge < -0.3 is 5.32 Å². The minimum Gasteiger partial charge on any atom is -0.324 e. The topological polar surface area (TPSA) is 90.4 Å². The molecule has 0 radical (unpaired) electrons. The number of amides is 1. The fourth-order valence-electron chi connectivity index (χ4n) is 3.27. The summed E-state index contributed by atoms with van der Waals surface area (Å²) in [6.07, 6.45) is 0.681. The number of rotatable bonds is 5. The largest absolute Gasteiger partial charge is 0.352 e. The zero-order valence-corrected chi connectivity index (χ0v) is 15.6. The second-order valence-electron chi connectivity index (χ2n) is 6.60. The Bertz CT molecular complexity index is 1330. The monoisotopic (exact) mass is 395 g/mol. The van der Waals surface area contributed by atoms with E-state index in [1.165, 1.54) is 33.2 Å². The Labute approximate surface area is 163 Å². The zero-order chi connectivity index (χ0) is 20.5. The first-order valence-corrected chi connectivity index (χ1v) is 9.16. The molecular formula is C20H18FN5O3. The number of nitrogens with one attached hydrogen (secondary N) is 1. The van der Waals surface area contributed by atoms with E-state index in [-0.39, 0.29) is 17.9 Å². The van der Waals surface area contributed by atoms with Gasteiger partial charge in [0.15, 0.2) is 0 Å². The lowest BCUT2D eigenvalue weighted by atomic mass is 10.2. The Morgan fingerprint density at radius 2 is 1.83 bits per heavy atom. The molecule has 8 nitrogen and oxygen atoms in total. The third-order valence-electron chi connectivity index (χ3n) is 4.55. The summed E-state index contributed by atoms with van der Waals surface area (Å²) in [5, 5.41) is 7.25. The van der Waals surface area contributed by atoms with E-state index in [1.807, 2.05) is 6.92 Å². The highest BCUT2D eigenvalue weighted by Crippen LogP contribution is 2.11. The maximum absolute atomic E-state index is 13.0. The first-order chi connectivity index (χ1) is 14.0. The van der Waals surface area contributed by atoms with E-state index in [0.717, 1.165) is 4.68 Å². The Balaban J connectivity index is 1.79. The van der Waals surface area contributed by atoms with Crippen LogP contribution in [0.1, 0.15) is 13.3 Å². The van der Waals surface area contributed by atoms with E-state index >= 15 is 0 Å². The Morgan fingerprint density at radius 3 is 2.55 bits per heavy atom. The molecule has 148 valence electrons. The molecule has 4 aromatic rings. The lowest BCUT2D eigenvalue weighted by Crippen LogP contribution is -2.29. The highest BCUT2D eigenvalue weighted by Gasteiger charge is 2.18. The van der Waals surface area contributed by atoms with Gasteiger partial charge in [-0.15, -0.1) is 5.10 Å². The van der Waals surface area contributed by atoms with Crippen LogP contribution >= 0.6 is 0 Å². The Kier molecular flexibility index (Phi) is 4.71. The summed E-state index contributed by atoms with van der Waals surface area (Å²) in [5.74, 6) is -0.716. The smallest absolute Gasteiger partial charge is 0.324 e. The quantitative estimate of drug-likeness (QED) is 0.560. The first kappa shape index (κ1) is 18.6. The highest BCUT2D eigenvalue weighted by molar-refractivity contribution is 5.90. The fraction of sp³-hybridized carbons (Fsp3) is 0.200. The van der Waals surface area contributed by atoms with Crippen LogP contribution in [0.15, 0.2) is 58.1 Å². The van der Waals surface area contributed by atoms with E-state index in [0.29, 0.717) is 29.6 Å². The minimum absolute atomic E-state index is 0.190. The molecule has 2 aromatic carbocycles. The summed E-state index contributed by atoms with van der Waals surface area (Å²) in [7, 11) is 0. The summed E-state index contributed by atoms with van der Waals surface area (Å²) in [6, 6.07) is 12.1. The molecule has 0 fully saturated rings. The van der Waals surface area contributed by atoms with Crippen LogP contribution in [0.3, 0.4) is 0 Å². The van der Waals surface area contributed by atoms with Crippen molar-refractivity contribution >= 4 is 28.3 Å². The second kappa shape index (κ2) is 7.34. The highest BCUT2D eigenvalue weighted by atomic mass is 19.1. The Morgan fingerprint density at radius 1 is 1.10 bits per heavy atom. The number of carbonyl (C=O) groups is 1. The van der Waals surface area contributed by atoms with E-state index in [9.17, 15) is 18.8 Å². The number of fused-ring (bicyclic) bond motifs is 3. The SMILES string of the molecule is CCCn1c(=O)c2ccccc2n2c(=O)n(CC(=O)Nc3ccc(F)cc3)nc12. The van der Waals surface area contributed by atoms with E-state index in [2.05, 4.69) is 10.4 Å². The predicted octanol–water partition coefficient (Wildman–Crippen LogP) is 2.00. The van der Waals surface area contributed by atoms with Gasteiger partial charge in [0.25, 0.3) is 5.56 Å². The van der Waals surface area contributed by atoms with Crippen molar-refractivity contribution in [3.63, 3.8) is 0 Å². The molecule has 1 N–H and O–H groups in total. The number of aryl methyl sites for hydroxylation is 1. The van der Waals surface area contributed by atoms with Gasteiger partial charge in [0, 0.05) is 12.2 Å². The van der Waals surface area contributed by atoms with Gasteiger partial charge in [0.05, 0.1) is 10.9 Å². The van der Waals surface area contributed by atoms with Crippen molar-refractivity contribution in [2.75, 3.05) is 5.32 Å². The number of aromatic nitrogens is 4. The second-order valence-corrected chi connectivity index (χ2v) is 6.60. The van der Waals surface area contributed by atoms with Gasteiger partial charge in [-0.1, -0.05) is 19.1 Å². The summed E-state index contributed by atoms with van der Waals surface area (Å²) < 4.78 is 16.8. The van der Waals surface area contributed by atoms with E-state index in [1.54, 1.807) is 24.3 Å². The lowest BCUT2D eigenvalue weighted by Gasteiger charge is -2.07. The Hall–Kier alpha value is -3.75. The van der Waals surface area contributed by atoms with Gasteiger partial charge in [0.1, 0.15) is 12.4 Å². The molecule has 9 heteroatoms. The number of para-hydroxylation sites is 1. The van der Waals surface area contributed by atoms with Crippen molar-refractivity contribution in [2.24, 2.45) is 0 Å². The number of halogens is 1. The van der Waals surface area contributed by atoms with Gasteiger partial charge in [-0.25, -0.2) is 18.3 Å². The summed E-state index contributed by atoms with van der Waals surface area (Å²) >= 11 is 0.